The molecule has 1 aromatic rings. The van der Waals surface area contributed by atoms with Crippen LogP contribution in [0.15, 0.2) is 30.3 Å². The van der Waals surface area contributed by atoms with Crippen LogP contribution in [0.2, 0.25) is 0 Å². The predicted molar refractivity (Wildman–Crippen MR) is 56.8 cm³/mol. The van der Waals surface area contributed by atoms with E-state index in [1.165, 1.54) is 0 Å². The average molecular weight is 194 g/mol. The van der Waals surface area contributed by atoms with Crippen molar-refractivity contribution in [3.8, 4) is 0 Å². The number of hydrogen-bond acceptors (Lipinski definition) is 2. The zero-order chi connectivity index (χ0) is 9.31. The fourth-order valence-corrected chi connectivity index (χ4v) is 3.28. The standard InChI is InChI=1S/C11H14OS/c1-9-7-13-8-11(9,12)10-5-3-2-4-6-10/h2-6,9,12H,7-8H2,1H3/t9-,11-/m1/s1. The minimum absolute atomic E-state index is 0.361. The maximum atomic E-state index is 10.4. The van der Waals surface area contributed by atoms with Gasteiger partial charge in [-0.05, 0) is 17.2 Å². The van der Waals surface area contributed by atoms with Crippen LogP contribution in [0.25, 0.3) is 0 Å². The molecule has 2 rings (SSSR count). The molecule has 0 unspecified atom stereocenters. The lowest BCUT2D eigenvalue weighted by molar-refractivity contribution is 0.0234. The van der Waals surface area contributed by atoms with Gasteiger partial charge in [0, 0.05) is 5.75 Å². The molecule has 0 bridgehead atoms. The highest BCUT2D eigenvalue weighted by Crippen LogP contribution is 2.40. The molecule has 1 saturated heterocycles. The zero-order valence-corrected chi connectivity index (χ0v) is 8.55. The molecule has 1 aliphatic heterocycles. The summed E-state index contributed by atoms with van der Waals surface area (Å²) in [7, 11) is 0. The quantitative estimate of drug-likeness (QED) is 0.740. The van der Waals surface area contributed by atoms with E-state index in [0.717, 1.165) is 17.1 Å². The van der Waals surface area contributed by atoms with E-state index in [0.29, 0.717) is 5.92 Å². The largest absolute Gasteiger partial charge is 0.384 e. The molecule has 2 atom stereocenters. The Balaban J connectivity index is 2.34. The van der Waals surface area contributed by atoms with Gasteiger partial charge in [-0.15, -0.1) is 0 Å². The van der Waals surface area contributed by atoms with Crippen LogP contribution in [0, 0.1) is 5.92 Å². The van der Waals surface area contributed by atoms with Crippen molar-refractivity contribution < 1.29 is 5.11 Å². The second-order valence-corrected chi connectivity index (χ2v) is 4.74. The van der Waals surface area contributed by atoms with E-state index < -0.39 is 5.60 Å². The van der Waals surface area contributed by atoms with Gasteiger partial charge < -0.3 is 5.11 Å². The number of aliphatic hydroxyl groups is 1. The highest BCUT2D eigenvalue weighted by atomic mass is 32.2. The molecule has 1 fully saturated rings. The average Bonchev–Trinajstić information content (AvgIpc) is 2.50. The number of benzene rings is 1. The predicted octanol–water partition coefficient (Wildman–Crippen LogP) is 2.26. The second-order valence-electron chi connectivity index (χ2n) is 3.71. The first-order valence-electron chi connectivity index (χ1n) is 4.59. The smallest absolute Gasteiger partial charge is 0.102 e. The molecule has 1 aromatic carbocycles. The van der Waals surface area contributed by atoms with Crippen LogP contribution in [0.5, 0.6) is 0 Å². The monoisotopic (exact) mass is 194 g/mol. The Kier molecular flexibility index (Phi) is 2.35. The van der Waals surface area contributed by atoms with Gasteiger partial charge in [0.2, 0.25) is 0 Å². The Hall–Kier alpha value is -0.470. The molecule has 0 aromatic heterocycles. The molecule has 13 heavy (non-hydrogen) atoms. The third-order valence-electron chi connectivity index (χ3n) is 2.78. The SMILES string of the molecule is C[C@@H]1CSC[C@]1(O)c1ccccc1. The van der Waals surface area contributed by atoms with Crippen molar-refractivity contribution in [2.24, 2.45) is 5.92 Å². The second kappa shape index (κ2) is 3.35. The van der Waals surface area contributed by atoms with Gasteiger partial charge in [0.1, 0.15) is 5.60 Å². The Morgan fingerprint density at radius 2 is 2.08 bits per heavy atom. The summed E-state index contributed by atoms with van der Waals surface area (Å²) >= 11 is 1.83. The maximum Gasteiger partial charge on any atom is 0.102 e. The number of rotatable bonds is 1. The highest BCUT2D eigenvalue weighted by Gasteiger charge is 2.40. The zero-order valence-electron chi connectivity index (χ0n) is 7.73. The van der Waals surface area contributed by atoms with E-state index in [9.17, 15) is 5.11 Å². The van der Waals surface area contributed by atoms with Crippen molar-refractivity contribution in [2.45, 2.75) is 12.5 Å². The fourth-order valence-electron chi connectivity index (χ4n) is 1.77. The van der Waals surface area contributed by atoms with E-state index in [2.05, 4.69) is 6.92 Å². The summed E-state index contributed by atoms with van der Waals surface area (Å²) in [6, 6.07) is 10.00. The lowest BCUT2D eigenvalue weighted by Crippen LogP contribution is -2.32. The van der Waals surface area contributed by atoms with Crippen LogP contribution in [-0.2, 0) is 5.60 Å². The minimum Gasteiger partial charge on any atom is -0.384 e. The Morgan fingerprint density at radius 1 is 1.38 bits per heavy atom. The van der Waals surface area contributed by atoms with Gasteiger partial charge in [0.05, 0.1) is 0 Å². The Bertz CT molecular complexity index is 285. The van der Waals surface area contributed by atoms with Crippen molar-refractivity contribution in [3.05, 3.63) is 35.9 Å². The molecule has 1 nitrogen and oxygen atoms in total. The molecule has 70 valence electrons. The maximum absolute atomic E-state index is 10.4. The Labute approximate surface area is 83.2 Å². The summed E-state index contributed by atoms with van der Waals surface area (Å²) < 4.78 is 0. The molecule has 0 radical (unpaired) electrons. The van der Waals surface area contributed by atoms with Gasteiger partial charge in [-0.3, -0.25) is 0 Å². The Morgan fingerprint density at radius 3 is 2.62 bits per heavy atom. The topological polar surface area (TPSA) is 20.2 Å². The van der Waals surface area contributed by atoms with Crippen LogP contribution in [0.1, 0.15) is 12.5 Å². The van der Waals surface area contributed by atoms with E-state index in [1.807, 2.05) is 42.1 Å². The van der Waals surface area contributed by atoms with Gasteiger partial charge in [0.25, 0.3) is 0 Å². The number of thioether (sulfide) groups is 1. The highest BCUT2D eigenvalue weighted by molar-refractivity contribution is 7.99. The molecule has 0 amide bonds. The van der Waals surface area contributed by atoms with Crippen molar-refractivity contribution in [1.82, 2.24) is 0 Å². The first-order valence-corrected chi connectivity index (χ1v) is 5.74. The van der Waals surface area contributed by atoms with Crippen LogP contribution in [-0.4, -0.2) is 16.6 Å². The van der Waals surface area contributed by atoms with E-state index in [1.54, 1.807) is 0 Å². The minimum atomic E-state index is -0.591. The van der Waals surface area contributed by atoms with Crippen LogP contribution < -0.4 is 0 Å². The van der Waals surface area contributed by atoms with E-state index in [4.69, 9.17) is 0 Å². The lowest BCUT2D eigenvalue weighted by Gasteiger charge is -2.27. The van der Waals surface area contributed by atoms with Gasteiger partial charge >= 0.3 is 0 Å². The summed E-state index contributed by atoms with van der Waals surface area (Å²) in [5, 5.41) is 10.4. The summed E-state index contributed by atoms with van der Waals surface area (Å²) in [6.45, 7) is 2.12. The van der Waals surface area contributed by atoms with E-state index in [-0.39, 0.29) is 0 Å². The first-order chi connectivity index (χ1) is 6.23. The fraction of sp³-hybridized carbons (Fsp3) is 0.455. The summed E-state index contributed by atoms with van der Waals surface area (Å²) in [5.74, 6) is 2.25. The van der Waals surface area contributed by atoms with E-state index >= 15 is 0 Å². The molecule has 0 saturated carbocycles. The van der Waals surface area contributed by atoms with Gasteiger partial charge in [-0.2, -0.15) is 11.8 Å². The third kappa shape index (κ3) is 1.49. The van der Waals surface area contributed by atoms with Crippen molar-refractivity contribution >= 4 is 11.8 Å². The molecule has 0 aliphatic carbocycles. The van der Waals surface area contributed by atoms with Crippen molar-refractivity contribution in [2.75, 3.05) is 11.5 Å². The van der Waals surface area contributed by atoms with Crippen molar-refractivity contribution in [1.29, 1.82) is 0 Å². The van der Waals surface area contributed by atoms with Gasteiger partial charge in [-0.1, -0.05) is 37.3 Å². The van der Waals surface area contributed by atoms with Crippen molar-refractivity contribution in [3.63, 3.8) is 0 Å². The molecule has 2 heteroatoms. The first kappa shape index (κ1) is 9.10. The molecule has 1 aliphatic rings. The van der Waals surface area contributed by atoms with Gasteiger partial charge in [0.15, 0.2) is 0 Å². The summed E-state index contributed by atoms with van der Waals surface area (Å²) in [4.78, 5) is 0. The van der Waals surface area contributed by atoms with Gasteiger partial charge in [-0.25, -0.2) is 0 Å². The molecule has 0 spiro atoms. The molecular formula is C11H14OS. The van der Waals surface area contributed by atoms with Crippen LogP contribution in [0.4, 0.5) is 0 Å². The summed E-state index contributed by atoms with van der Waals surface area (Å²) in [6.07, 6.45) is 0. The summed E-state index contributed by atoms with van der Waals surface area (Å²) in [5.41, 5.74) is 0.471. The molecular weight excluding hydrogens is 180 g/mol. The third-order valence-corrected chi connectivity index (χ3v) is 4.16. The number of hydrogen-bond donors (Lipinski definition) is 1. The van der Waals surface area contributed by atoms with Crippen LogP contribution >= 0.6 is 11.8 Å². The lowest BCUT2D eigenvalue weighted by atomic mass is 9.85. The molecule has 1 N–H and O–H groups in total. The molecule has 1 heterocycles. The van der Waals surface area contributed by atoms with Crippen LogP contribution in [0.3, 0.4) is 0 Å². The normalized spacial score (nSPS) is 33.5.